The molecule has 0 saturated carbocycles. The fourth-order valence-corrected chi connectivity index (χ4v) is 5.09. The van der Waals surface area contributed by atoms with Crippen molar-refractivity contribution in [3.05, 3.63) is 83.9 Å². The first-order chi connectivity index (χ1) is 16.2. The van der Waals surface area contributed by atoms with Gasteiger partial charge in [-0.3, -0.25) is 9.69 Å². The van der Waals surface area contributed by atoms with E-state index in [-0.39, 0.29) is 18.1 Å². The van der Waals surface area contributed by atoms with E-state index in [2.05, 4.69) is 51.2 Å². The van der Waals surface area contributed by atoms with Crippen molar-refractivity contribution in [1.29, 1.82) is 0 Å². The molecule has 172 valence electrons. The summed E-state index contributed by atoms with van der Waals surface area (Å²) in [6, 6.07) is 18.7. The number of rotatable bonds is 5. The SMILES string of the molecule is Cn1ccnc1[C@H]1CCCCN1C(=O)CCN1Cc2ccccc2O[C@H](c2ccccc2)C1. The molecule has 3 aromatic rings. The second-order valence-corrected chi connectivity index (χ2v) is 9.11. The highest BCUT2D eigenvalue weighted by Crippen LogP contribution is 2.32. The number of carbonyl (C=O) groups is 1. The molecule has 6 heteroatoms. The molecule has 1 fully saturated rings. The lowest BCUT2D eigenvalue weighted by Crippen LogP contribution is -2.41. The monoisotopic (exact) mass is 444 g/mol. The molecule has 6 nitrogen and oxygen atoms in total. The van der Waals surface area contributed by atoms with E-state index in [1.165, 1.54) is 5.56 Å². The summed E-state index contributed by atoms with van der Waals surface area (Å²) in [6.45, 7) is 3.07. The lowest BCUT2D eigenvalue weighted by atomic mass is 10.0. The maximum Gasteiger partial charge on any atom is 0.224 e. The van der Waals surface area contributed by atoms with E-state index in [1.807, 2.05) is 42.2 Å². The van der Waals surface area contributed by atoms with Crippen molar-refractivity contribution in [3.63, 3.8) is 0 Å². The van der Waals surface area contributed by atoms with E-state index in [4.69, 9.17) is 4.74 Å². The molecule has 0 bridgehead atoms. The second-order valence-electron chi connectivity index (χ2n) is 9.11. The first-order valence-electron chi connectivity index (χ1n) is 12.0. The van der Waals surface area contributed by atoms with Gasteiger partial charge in [0.15, 0.2) is 0 Å². The van der Waals surface area contributed by atoms with Gasteiger partial charge in [0.2, 0.25) is 5.91 Å². The zero-order chi connectivity index (χ0) is 22.6. The van der Waals surface area contributed by atoms with Gasteiger partial charge in [-0.2, -0.15) is 0 Å². The Morgan fingerprint density at radius 3 is 2.73 bits per heavy atom. The average molecular weight is 445 g/mol. The van der Waals surface area contributed by atoms with Crippen molar-refractivity contribution >= 4 is 5.91 Å². The van der Waals surface area contributed by atoms with Crippen LogP contribution < -0.4 is 4.74 Å². The highest BCUT2D eigenvalue weighted by atomic mass is 16.5. The first-order valence-corrected chi connectivity index (χ1v) is 12.0. The number of likely N-dealkylation sites (tertiary alicyclic amines) is 1. The summed E-state index contributed by atoms with van der Waals surface area (Å²) in [6.07, 6.45) is 7.42. The van der Waals surface area contributed by atoms with Gasteiger partial charge in [0.05, 0.1) is 6.04 Å². The van der Waals surface area contributed by atoms with Gasteiger partial charge >= 0.3 is 0 Å². The third kappa shape index (κ3) is 4.81. The van der Waals surface area contributed by atoms with Gasteiger partial charge in [0.25, 0.3) is 0 Å². The van der Waals surface area contributed by atoms with Crippen molar-refractivity contribution < 1.29 is 9.53 Å². The van der Waals surface area contributed by atoms with Crippen LogP contribution in [0.25, 0.3) is 0 Å². The van der Waals surface area contributed by atoms with Gasteiger partial charge in [0, 0.05) is 57.6 Å². The Hall–Kier alpha value is -3.12. The molecule has 3 heterocycles. The molecule has 2 aromatic carbocycles. The lowest BCUT2D eigenvalue weighted by molar-refractivity contribution is -0.135. The van der Waals surface area contributed by atoms with Gasteiger partial charge in [0.1, 0.15) is 17.7 Å². The molecule has 1 aromatic heterocycles. The molecule has 0 N–H and O–H groups in total. The number of para-hydroxylation sites is 1. The summed E-state index contributed by atoms with van der Waals surface area (Å²) in [4.78, 5) is 22.3. The minimum atomic E-state index is -0.0553. The Balaban J connectivity index is 1.30. The molecule has 0 aliphatic carbocycles. The summed E-state index contributed by atoms with van der Waals surface area (Å²) >= 11 is 0. The number of hydrogen-bond donors (Lipinski definition) is 0. The van der Waals surface area contributed by atoms with Crippen LogP contribution in [0.2, 0.25) is 0 Å². The Kier molecular flexibility index (Phi) is 6.44. The zero-order valence-electron chi connectivity index (χ0n) is 19.3. The number of ether oxygens (including phenoxy) is 1. The predicted octanol–water partition coefficient (Wildman–Crippen LogP) is 4.50. The van der Waals surface area contributed by atoms with Crippen LogP contribution in [0.5, 0.6) is 5.75 Å². The maximum atomic E-state index is 13.4. The second kappa shape index (κ2) is 9.79. The largest absolute Gasteiger partial charge is 0.484 e. The summed E-state index contributed by atoms with van der Waals surface area (Å²) in [5.74, 6) is 2.15. The Bertz CT molecular complexity index is 1080. The summed E-state index contributed by atoms with van der Waals surface area (Å²) in [5.41, 5.74) is 2.34. The molecule has 0 radical (unpaired) electrons. The van der Waals surface area contributed by atoms with E-state index in [9.17, 15) is 4.79 Å². The zero-order valence-corrected chi connectivity index (χ0v) is 19.3. The van der Waals surface area contributed by atoms with Crippen LogP contribution in [-0.2, 0) is 18.4 Å². The van der Waals surface area contributed by atoms with Crippen molar-refractivity contribution in [1.82, 2.24) is 19.4 Å². The molecule has 0 spiro atoms. The number of aromatic nitrogens is 2. The predicted molar refractivity (Wildman–Crippen MR) is 128 cm³/mol. The van der Waals surface area contributed by atoms with Gasteiger partial charge in [-0.15, -0.1) is 0 Å². The van der Waals surface area contributed by atoms with E-state index in [1.54, 1.807) is 0 Å². The van der Waals surface area contributed by atoms with Crippen LogP contribution >= 0.6 is 0 Å². The maximum absolute atomic E-state index is 13.4. The number of benzene rings is 2. The smallest absolute Gasteiger partial charge is 0.224 e. The van der Waals surface area contributed by atoms with E-state index in [0.29, 0.717) is 13.0 Å². The topological polar surface area (TPSA) is 50.6 Å². The number of carbonyl (C=O) groups excluding carboxylic acids is 1. The number of amides is 1. The van der Waals surface area contributed by atoms with Gasteiger partial charge in [-0.25, -0.2) is 4.98 Å². The Morgan fingerprint density at radius 2 is 1.91 bits per heavy atom. The van der Waals surface area contributed by atoms with Crippen molar-refractivity contribution in [3.8, 4) is 5.75 Å². The third-order valence-corrected chi connectivity index (χ3v) is 6.85. The molecule has 1 amide bonds. The quantitative estimate of drug-likeness (QED) is 0.581. The molecular weight excluding hydrogens is 412 g/mol. The summed E-state index contributed by atoms with van der Waals surface area (Å²) in [7, 11) is 2.01. The third-order valence-electron chi connectivity index (χ3n) is 6.85. The highest BCUT2D eigenvalue weighted by Gasteiger charge is 2.31. The van der Waals surface area contributed by atoms with Crippen LogP contribution in [-0.4, -0.2) is 44.9 Å². The molecule has 2 aliphatic rings. The molecule has 5 rings (SSSR count). The summed E-state index contributed by atoms with van der Waals surface area (Å²) in [5, 5.41) is 0. The number of imidazole rings is 1. The first kappa shape index (κ1) is 21.7. The molecular formula is C27H32N4O2. The molecule has 33 heavy (non-hydrogen) atoms. The Labute approximate surface area is 195 Å². The van der Waals surface area contributed by atoms with E-state index < -0.39 is 0 Å². The number of aryl methyl sites for hydroxylation is 1. The van der Waals surface area contributed by atoms with E-state index >= 15 is 0 Å². The molecule has 0 unspecified atom stereocenters. The minimum absolute atomic E-state index is 0.0553. The van der Waals surface area contributed by atoms with Crippen molar-refractivity contribution in [2.75, 3.05) is 19.6 Å². The van der Waals surface area contributed by atoms with Crippen LogP contribution in [0, 0.1) is 0 Å². The van der Waals surface area contributed by atoms with E-state index in [0.717, 1.165) is 56.0 Å². The summed E-state index contributed by atoms with van der Waals surface area (Å²) < 4.78 is 8.47. The van der Waals surface area contributed by atoms with Crippen LogP contribution in [0.4, 0.5) is 0 Å². The van der Waals surface area contributed by atoms with Crippen LogP contribution in [0.15, 0.2) is 67.0 Å². The normalized spacial score (nSPS) is 21.2. The van der Waals surface area contributed by atoms with Crippen molar-refractivity contribution in [2.45, 2.75) is 44.4 Å². The van der Waals surface area contributed by atoms with Gasteiger partial charge < -0.3 is 14.2 Å². The van der Waals surface area contributed by atoms with Gasteiger partial charge in [-0.1, -0.05) is 48.5 Å². The van der Waals surface area contributed by atoms with Gasteiger partial charge in [-0.05, 0) is 30.9 Å². The standard InChI is InChI=1S/C27H32N4O2/c1-29-18-15-28-27(29)23-12-7-8-16-31(23)26(32)14-17-30-19-22-11-5-6-13-24(22)33-25(20-30)21-9-3-2-4-10-21/h2-6,9-11,13,15,18,23,25H,7-8,12,14,16-17,19-20H2,1H3/t23-,25+/m1/s1. The fourth-order valence-electron chi connectivity index (χ4n) is 5.09. The number of fused-ring (bicyclic) bond motifs is 1. The Morgan fingerprint density at radius 1 is 1.09 bits per heavy atom. The van der Waals surface area contributed by atoms with Crippen molar-refractivity contribution in [2.24, 2.45) is 7.05 Å². The molecule has 2 aliphatic heterocycles. The average Bonchev–Trinajstić information content (AvgIpc) is 3.19. The number of nitrogens with zero attached hydrogens (tertiary/aromatic N) is 4. The molecule has 1 saturated heterocycles. The number of hydrogen-bond acceptors (Lipinski definition) is 4. The minimum Gasteiger partial charge on any atom is -0.484 e. The lowest BCUT2D eigenvalue weighted by Gasteiger charge is -2.36. The molecule has 2 atom stereocenters. The number of piperidine rings is 1. The van der Waals surface area contributed by atoms with Crippen LogP contribution in [0.1, 0.15) is 54.8 Å². The fraction of sp³-hybridized carbons (Fsp3) is 0.407. The highest BCUT2D eigenvalue weighted by molar-refractivity contribution is 5.77. The van der Waals surface area contributed by atoms with Crippen LogP contribution in [0.3, 0.4) is 0 Å².